The standard InChI is InChI=1S/C24H25N3O3S/c1-17(28)26-22(19-9-11-21(30-2)12-10-19)15-23(29)27-20-7-5-6-18(14-20)16-31-24-8-3-4-13-25-24/h3-14,22H,15-16H2,1-2H3,(H,26,28)(H,27,29). The van der Waals surface area contributed by atoms with Crippen LogP contribution in [0.15, 0.2) is 78.0 Å². The van der Waals surface area contributed by atoms with E-state index >= 15 is 0 Å². The van der Waals surface area contributed by atoms with Crippen LogP contribution in [-0.2, 0) is 15.3 Å². The third kappa shape index (κ3) is 7.15. The fourth-order valence-corrected chi connectivity index (χ4v) is 3.86. The Hall–Kier alpha value is -3.32. The van der Waals surface area contributed by atoms with E-state index in [2.05, 4.69) is 15.6 Å². The Labute approximate surface area is 186 Å². The number of hydrogen-bond acceptors (Lipinski definition) is 5. The average molecular weight is 436 g/mol. The maximum atomic E-state index is 12.7. The van der Waals surface area contributed by atoms with E-state index in [0.717, 1.165) is 33.3 Å². The van der Waals surface area contributed by atoms with Crippen molar-refractivity contribution in [2.45, 2.75) is 30.2 Å². The molecule has 3 rings (SSSR count). The van der Waals surface area contributed by atoms with Crippen molar-refractivity contribution < 1.29 is 14.3 Å². The van der Waals surface area contributed by atoms with Gasteiger partial charge in [-0.05, 0) is 47.5 Å². The lowest BCUT2D eigenvalue weighted by Gasteiger charge is -2.18. The van der Waals surface area contributed by atoms with E-state index in [4.69, 9.17) is 4.74 Å². The van der Waals surface area contributed by atoms with Gasteiger partial charge in [-0.15, -0.1) is 11.8 Å². The average Bonchev–Trinajstić information content (AvgIpc) is 2.78. The number of ether oxygens (including phenoxy) is 1. The Balaban J connectivity index is 1.62. The van der Waals surface area contributed by atoms with Crippen LogP contribution in [-0.4, -0.2) is 23.9 Å². The summed E-state index contributed by atoms with van der Waals surface area (Å²) in [6, 6.07) is 20.5. The largest absolute Gasteiger partial charge is 0.497 e. The van der Waals surface area contributed by atoms with Gasteiger partial charge in [0.25, 0.3) is 0 Å². The van der Waals surface area contributed by atoms with Gasteiger partial charge in [0, 0.05) is 24.6 Å². The van der Waals surface area contributed by atoms with Crippen molar-refractivity contribution in [3.63, 3.8) is 0 Å². The van der Waals surface area contributed by atoms with Gasteiger partial charge in [-0.25, -0.2) is 4.98 Å². The molecule has 0 fully saturated rings. The number of carbonyl (C=O) groups excluding carboxylic acids is 2. The number of nitrogens with one attached hydrogen (secondary N) is 2. The van der Waals surface area contributed by atoms with Gasteiger partial charge in [0.1, 0.15) is 5.75 Å². The third-order valence-corrected chi connectivity index (χ3v) is 5.54. The third-order valence-electron chi connectivity index (χ3n) is 4.52. The molecule has 1 heterocycles. The molecule has 0 saturated carbocycles. The van der Waals surface area contributed by atoms with Crippen LogP contribution in [0.2, 0.25) is 0 Å². The molecule has 7 heteroatoms. The molecule has 0 aliphatic heterocycles. The summed E-state index contributed by atoms with van der Waals surface area (Å²) in [5.74, 6) is 1.10. The van der Waals surface area contributed by atoms with Crippen LogP contribution < -0.4 is 15.4 Å². The predicted octanol–water partition coefficient (Wildman–Crippen LogP) is 4.59. The molecule has 0 radical (unpaired) electrons. The summed E-state index contributed by atoms with van der Waals surface area (Å²) < 4.78 is 5.18. The van der Waals surface area contributed by atoms with Crippen molar-refractivity contribution in [2.24, 2.45) is 0 Å². The molecule has 0 saturated heterocycles. The molecule has 31 heavy (non-hydrogen) atoms. The quantitative estimate of drug-likeness (QED) is 0.481. The molecule has 0 aliphatic rings. The van der Waals surface area contributed by atoms with E-state index in [1.165, 1.54) is 6.92 Å². The SMILES string of the molecule is COc1ccc(C(CC(=O)Nc2cccc(CSc3ccccn3)c2)NC(C)=O)cc1. The highest BCUT2D eigenvalue weighted by molar-refractivity contribution is 7.98. The van der Waals surface area contributed by atoms with E-state index in [9.17, 15) is 9.59 Å². The van der Waals surface area contributed by atoms with Crippen LogP contribution in [0.1, 0.15) is 30.5 Å². The van der Waals surface area contributed by atoms with Gasteiger partial charge in [-0.2, -0.15) is 0 Å². The molecule has 0 spiro atoms. The molecular weight excluding hydrogens is 410 g/mol. The number of methoxy groups -OCH3 is 1. The van der Waals surface area contributed by atoms with Crippen molar-refractivity contribution >= 4 is 29.3 Å². The first-order valence-corrected chi connectivity index (χ1v) is 10.9. The van der Waals surface area contributed by atoms with E-state index in [1.807, 2.05) is 66.7 Å². The number of aromatic nitrogens is 1. The lowest BCUT2D eigenvalue weighted by Crippen LogP contribution is -2.29. The molecule has 2 N–H and O–H groups in total. The molecule has 160 valence electrons. The van der Waals surface area contributed by atoms with Crippen LogP contribution in [0.4, 0.5) is 5.69 Å². The van der Waals surface area contributed by atoms with Crippen LogP contribution in [0, 0.1) is 0 Å². The highest BCUT2D eigenvalue weighted by Gasteiger charge is 2.17. The lowest BCUT2D eigenvalue weighted by atomic mass is 10.0. The van der Waals surface area contributed by atoms with Gasteiger partial charge < -0.3 is 15.4 Å². The molecule has 3 aromatic rings. The van der Waals surface area contributed by atoms with Crippen LogP contribution in [0.3, 0.4) is 0 Å². The summed E-state index contributed by atoms with van der Waals surface area (Å²) in [6.45, 7) is 1.44. The minimum absolute atomic E-state index is 0.124. The summed E-state index contributed by atoms with van der Waals surface area (Å²) in [4.78, 5) is 28.6. The number of nitrogens with zero attached hydrogens (tertiary/aromatic N) is 1. The number of benzene rings is 2. The summed E-state index contributed by atoms with van der Waals surface area (Å²) in [6.07, 6.45) is 1.89. The zero-order valence-corrected chi connectivity index (χ0v) is 18.3. The number of hydrogen-bond donors (Lipinski definition) is 2. The molecule has 6 nitrogen and oxygen atoms in total. The van der Waals surface area contributed by atoms with E-state index in [-0.39, 0.29) is 18.2 Å². The van der Waals surface area contributed by atoms with Gasteiger partial charge >= 0.3 is 0 Å². The minimum Gasteiger partial charge on any atom is -0.497 e. The molecule has 0 bridgehead atoms. The number of anilines is 1. The predicted molar refractivity (Wildman–Crippen MR) is 123 cm³/mol. The first-order valence-electron chi connectivity index (χ1n) is 9.87. The maximum Gasteiger partial charge on any atom is 0.226 e. The number of thioether (sulfide) groups is 1. The second-order valence-corrected chi connectivity index (χ2v) is 7.93. The first-order chi connectivity index (χ1) is 15.0. The van der Waals surface area contributed by atoms with Crippen molar-refractivity contribution in [2.75, 3.05) is 12.4 Å². The Kier molecular flexibility index (Phi) is 8.06. The second-order valence-electron chi connectivity index (χ2n) is 6.94. The van der Waals surface area contributed by atoms with E-state index in [0.29, 0.717) is 0 Å². The second kappa shape index (κ2) is 11.2. The molecule has 2 amide bonds. The fraction of sp³-hybridized carbons (Fsp3) is 0.208. The van der Waals surface area contributed by atoms with Crippen LogP contribution in [0.25, 0.3) is 0 Å². The maximum absolute atomic E-state index is 12.7. The van der Waals surface area contributed by atoms with Gasteiger partial charge in [-0.1, -0.05) is 30.3 Å². The summed E-state index contributed by atoms with van der Waals surface area (Å²) in [7, 11) is 1.59. The van der Waals surface area contributed by atoms with E-state index < -0.39 is 6.04 Å². The smallest absolute Gasteiger partial charge is 0.226 e. The number of pyridine rings is 1. The fourth-order valence-electron chi connectivity index (χ4n) is 3.06. The van der Waals surface area contributed by atoms with Crippen molar-refractivity contribution in [3.05, 3.63) is 84.1 Å². The highest BCUT2D eigenvalue weighted by atomic mass is 32.2. The lowest BCUT2D eigenvalue weighted by molar-refractivity contribution is -0.120. The molecule has 1 unspecified atom stereocenters. The number of amides is 2. The van der Waals surface area contributed by atoms with Gasteiger partial charge in [0.05, 0.1) is 24.6 Å². The Morgan fingerprint density at radius 2 is 1.87 bits per heavy atom. The van der Waals surface area contributed by atoms with Gasteiger partial charge in [0.2, 0.25) is 11.8 Å². The van der Waals surface area contributed by atoms with Gasteiger partial charge in [0.15, 0.2) is 0 Å². The Morgan fingerprint density at radius 3 is 2.55 bits per heavy atom. The zero-order valence-electron chi connectivity index (χ0n) is 17.5. The normalized spacial score (nSPS) is 11.4. The number of rotatable bonds is 9. The number of carbonyl (C=O) groups is 2. The summed E-state index contributed by atoms with van der Waals surface area (Å²) in [5.41, 5.74) is 2.65. The molecule has 1 atom stereocenters. The molecule has 1 aromatic heterocycles. The topological polar surface area (TPSA) is 80.3 Å². The molecular formula is C24H25N3O3S. The Bertz CT molecular complexity index is 1010. The minimum atomic E-state index is -0.425. The van der Waals surface area contributed by atoms with Crippen molar-refractivity contribution in [1.82, 2.24) is 10.3 Å². The summed E-state index contributed by atoms with van der Waals surface area (Å²) >= 11 is 1.64. The first kappa shape index (κ1) is 22.4. The van der Waals surface area contributed by atoms with Crippen LogP contribution in [0.5, 0.6) is 5.75 Å². The molecule has 0 aliphatic carbocycles. The van der Waals surface area contributed by atoms with E-state index in [1.54, 1.807) is 25.1 Å². The zero-order chi connectivity index (χ0) is 22.1. The monoisotopic (exact) mass is 435 g/mol. The highest BCUT2D eigenvalue weighted by Crippen LogP contribution is 2.24. The van der Waals surface area contributed by atoms with Crippen molar-refractivity contribution in [3.8, 4) is 5.75 Å². The van der Waals surface area contributed by atoms with Crippen LogP contribution >= 0.6 is 11.8 Å². The summed E-state index contributed by atoms with van der Waals surface area (Å²) in [5, 5.41) is 6.74. The van der Waals surface area contributed by atoms with Gasteiger partial charge in [-0.3, -0.25) is 9.59 Å². The Morgan fingerprint density at radius 1 is 1.06 bits per heavy atom. The van der Waals surface area contributed by atoms with Crippen molar-refractivity contribution in [1.29, 1.82) is 0 Å². The molecule has 2 aromatic carbocycles.